The van der Waals surface area contributed by atoms with Gasteiger partial charge in [-0.3, -0.25) is 0 Å². The zero-order valence-electron chi connectivity index (χ0n) is 6.73. The smallest absolute Gasteiger partial charge is 0.116 e. The van der Waals surface area contributed by atoms with E-state index in [1.54, 1.807) is 0 Å². The Hall–Kier alpha value is -0.710. The number of nitrogens with two attached hydrogens (primary N) is 1. The molecular weight excluding hydrogens is 172 g/mol. The van der Waals surface area contributed by atoms with Crippen LogP contribution in [0.3, 0.4) is 0 Å². The first-order valence-corrected chi connectivity index (χ1v) is 4.66. The van der Waals surface area contributed by atoms with Gasteiger partial charge in [0.2, 0.25) is 0 Å². The molecule has 0 aliphatic heterocycles. The van der Waals surface area contributed by atoms with Crippen molar-refractivity contribution in [3.05, 3.63) is 22.2 Å². The highest BCUT2D eigenvalue weighted by Crippen LogP contribution is 2.11. The predicted octanol–water partition coefficient (Wildman–Crippen LogP) is 0.997. The van der Waals surface area contributed by atoms with Crippen LogP contribution in [-0.2, 0) is 6.61 Å². The molecule has 0 aromatic carbocycles. The Morgan fingerprint density at radius 1 is 1.67 bits per heavy atom. The van der Waals surface area contributed by atoms with E-state index in [9.17, 15) is 0 Å². The van der Waals surface area contributed by atoms with Gasteiger partial charge in [-0.15, -0.1) is 11.3 Å². The first kappa shape index (κ1) is 9.38. The molecule has 0 spiro atoms. The largest absolute Gasteiger partial charge is 0.390 e. The van der Waals surface area contributed by atoms with Crippen molar-refractivity contribution in [3.8, 4) is 0 Å². The molecule has 0 atom stereocenters. The van der Waals surface area contributed by atoms with Crippen LogP contribution in [0, 0.1) is 0 Å². The van der Waals surface area contributed by atoms with E-state index in [2.05, 4.69) is 4.98 Å². The molecule has 1 heterocycles. The van der Waals surface area contributed by atoms with Crippen molar-refractivity contribution in [3.63, 3.8) is 0 Å². The van der Waals surface area contributed by atoms with Gasteiger partial charge in [0.1, 0.15) is 5.01 Å². The second-order valence-electron chi connectivity index (χ2n) is 2.31. The van der Waals surface area contributed by atoms with Crippen molar-refractivity contribution in [1.82, 2.24) is 4.98 Å². The van der Waals surface area contributed by atoms with Crippen molar-refractivity contribution in [1.29, 1.82) is 0 Å². The summed E-state index contributed by atoms with van der Waals surface area (Å²) in [5, 5.41) is 11.5. The first-order valence-electron chi connectivity index (χ1n) is 3.78. The molecule has 0 aliphatic carbocycles. The number of thiazole rings is 1. The van der Waals surface area contributed by atoms with Crippen molar-refractivity contribution < 1.29 is 5.11 Å². The molecule has 0 amide bonds. The van der Waals surface area contributed by atoms with Gasteiger partial charge >= 0.3 is 0 Å². The van der Waals surface area contributed by atoms with Crippen molar-refractivity contribution in [2.45, 2.75) is 13.0 Å². The van der Waals surface area contributed by atoms with E-state index in [-0.39, 0.29) is 6.61 Å². The highest BCUT2D eigenvalue weighted by molar-refractivity contribution is 7.10. The van der Waals surface area contributed by atoms with Crippen LogP contribution in [0.25, 0.3) is 6.08 Å². The van der Waals surface area contributed by atoms with Crippen LogP contribution in [0.2, 0.25) is 0 Å². The lowest BCUT2D eigenvalue weighted by Crippen LogP contribution is -1.94. The second kappa shape index (κ2) is 5.03. The Morgan fingerprint density at radius 3 is 3.08 bits per heavy atom. The molecule has 0 bridgehead atoms. The third-order valence-electron chi connectivity index (χ3n) is 1.33. The summed E-state index contributed by atoms with van der Waals surface area (Å²) >= 11 is 1.53. The topological polar surface area (TPSA) is 59.1 Å². The molecule has 66 valence electrons. The minimum absolute atomic E-state index is 0.0151. The van der Waals surface area contributed by atoms with Crippen LogP contribution in [0.15, 0.2) is 11.5 Å². The fourth-order valence-electron chi connectivity index (χ4n) is 0.752. The first-order chi connectivity index (χ1) is 5.86. The maximum atomic E-state index is 8.72. The average molecular weight is 184 g/mol. The number of aliphatic hydroxyl groups excluding tert-OH is 1. The quantitative estimate of drug-likeness (QED) is 0.733. The summed E-state index contributed by atoms with van der Waals surface area (Å²) in [5.41, 5.74) is 6.04. The van der Waals surface area contributed by atoms with Crippen LogP contribution >= 0.6 is 11.3 Å². The fourth-order valence-corrected chi connectivity index (χ4v) is 1.48. The van der Waals surface area contributed by atoms with Crippen molar-refractivity contribution >= 4 is 17.4 Å². The monoisotopic (exact) mass is 184 g/mol. The summed E-state index contributed by atoms with van der Waals surface area (Å²) in [7, 11) is 0. The number of nitrogens with zero attached hydrogens (tertiary/aromatic N) is 1. The maximum Gasteiger partial charge on any atom is 0.116 e. The number of aliphatic hydroxyl groups is 1. The van der Waals surface area contributed by atoms with Gasteiger partial charge < -0.3 is 10.8 Å². The molecule has 0 aliphatic rings. The van der Waals surface area contributed by atoms with Gasteiger partial charge in [-0.05, 0) is 19.0 Å². The summed E-state index contributed by atoms with van der Waals surface area (Å²) in [5.74, 6) is 0. The molecule has 0 unspecified atom stereocenters. The molecule has 1 aromatic heterocycles. The minimum atomic E-state index is 0.0151. The van der Waals surface area contributed by atoms with Gasteiger partial charge in [-0.25, -0.2) is 4.98 Å². The van der Waals surface area contributed by atoms with Crippen LogP contribution in [0.4, 0.5) is 0 Å². The molecule has 3 N–H and O–H groups in total. The summed E-state index contributed by atoms with van der Waals surface area (Å²) in [4.78, 5) is 4.14. The van der Waals surface area contributed by atoms with E-state index in [0.717, 1.165) is 17.1 Å². The van der Waals surface area contributed by atoms with E-state index in [1.807, 2.05) is 17.5 Å². The van der Waals surface area contributed by atoms with Gasteiger partial charge in [-0.2, -0.15) is 0 Å². The van der Waals surface area contributed by atoms with Crippen LogP contribution in [-0.4, -0.2) is 16.6 Å². The van der Waals surface area contributed by atoms with Gasteiger partial charge in [0.25, 0.3) is 0 Å². The lowest BCUT2D eigenvalue weighted by molar-refractivity contribution is 0.277. The summed E-state index contributed by atoms with van der Waals surface area (Å²) in [6.07, 6.45) is 4.78. The number of rotatable bonds is 4. The number of aromatic nitrogens is 1. The highest BCUT2D eigenvalue weighted by Gasteiger charge is 1.95. The number of hydrogen-bond acceptors (Lipinski definition) is 4. The molecule has 0 radical (unpaired) electrons. The predicted molar refractivity (Wildman–Crippen MR) is 50.7 cm³/mol. The normalized spacial score (nSPS) is 11.2. The maximum absolute atomic E-state index is 8.72. The minimum Gasteiger partial charge on any atom is -0.390 e. The van der Waals surface area contributed by atoms with Crippen molar-refractivity contribution in [2.75, 3.05) is 6.54 Å². The molecule has 3 nitrogen and oxygen atoms in total. The summed E-state index contributed by atoms with van der Waals surface area (Å²) in [6.45, 7) is 0.677. The van der Waals surface area contributed by atoms with Crippen LogP contribution < -0.4 is 5.73 Å². The third kappa shape index (κ3) is 2.73. The van der Waals surface area contributed by atoms with E-state index in [1.165, 1.54) is 11.3 Å². The average Bonchev–Trinajstić information content (AvgIpc) is 2.53. The molecule has 0 saturated heterocycles. The van der Waals surface area contributed by atoms with Crippen LogP contribution in [0.5, 0.6) is 0 Å². The van der Waals surface area contributed by atoms with Gasteiger partial charge in [-0.1, -0.05) is 6.08 Å². The van der Waals surface area contributed by atoms with E-state index in [4.69, 9.17) is 10.8 Å². The molecule has 4 heteroatoms. The SMILES string of the molecule is NCCC=Cc1nc(CO)cs1. The Labute approximate surface area is 75.6 Å². The Balaban J connectivity index is 2.51. The Bertz CT molecular complexity index is 257. The van der Waals surface area contributed by atoms with Gasteiger partial charge in [0.15, 0.2) is 0 Å². The lowest BCUT2D eigenvalue weighted by atomic mass is 10.4. The molecule has 0 fully saturated rings. The summed E-state index contributed by atoms with van der Waals surface area (Å²) in [6, 6.07) is 0. The van der Waals surface area contributed by atoms with E-state index in [0.29, 0.717) is 6.54 Å². The zero-order valence-corrected chi connectivity index (χ0v) is 7.55. The zero-order chi connectivity index (χ0) is 8.81. The molecule has 0 saturated carbocycles. The summed E-state index contributed by atoms with van der Waals surface area (Å²) < 4.78 is 0. The lowest BCUT2D eigenvalue weighted by Gasteiger charge is -1.84. The Kier molecular flexibility index (Phi) is 3.93. The molecule has 12 heavy (non-hydrogen) atoms. The molecular formula is C8H12N2OS. The second-order valence-corrected chi connectivity index (χ2v) is 3.20. The number of hydrogen-bond donors (Lipinski definition) is 2. The van der Waals surface area contributed by atoms with Gasteiger partial charge in [0, 0.05) is 5.38 Å². The van der Waals surface area contributed by atoms with Gasteiger partial charge in [0.05, 0.1) is 12.3 Å². The molecule has 1 rings (SSSR count). The third-order valence-corrected chi connectivity index (χ3v) is 2.18. The molecule has 1 aromatic rings. The van der Waals surface area contributed by atoms with Crippen LogP contribution in [0.1, 0.15) is 17.1 Å². The fraction of sp³-hybridized carbons (Fsp3) is 0.375. The standard InChI is InChI=1S/C8H12N2OS/c9-4-2-1-3-8-10-7(5-11)6-12-8/h1,3,6,11H,2,4-5,9H2. The van der Waals surface area contributed by atoms with E-state index >= 15 is 0 Å². The highest BCUT2D eigenvalue weighted by atomic mass is 32.1. The Morgan fingerprint density at radius 2 is 2.50 bits per heavy atom. The van der Waals surface area contributed by atoms with Crippen molar-refractivity contribution in [2.24, 2.45) is 5.73 Å². The van der Waals surface area contributed by atoms with E-state index < -0.39 is 0 Å².